The minimum absolute atomic E-state index is 0.0428. The van der Waals surface area contributed by atoms with Gasteiger partial charge in [0.25, 0.3) is 5.56 Å². The molecule has 1 aromatic carbocycles. The van der Waals surface area contributed by atoms with E-state index in [4.69, 9.17) is 11.6 Å². The third kappa shape index (κ3) is 3.94. The van der Waals surface area contributed by atoms with Gasteiger partial charge in [-0.25, -0.2) is 9.37 Å². The normalized spacial score (nSPS) is 15.3. The molecular formula is C19H18ClFN4O2S. The Morgan fingerprint density at radius 3 is 2.79 bits per heavy atom. The maximum Gasteiger partial charge on any atom is 0.258 e. The molecule has 2 aromatic heterocycles. The van der Waals surface area contributed by atoms with Crippen molar-refractivity contribution in [2.45, 2.75) is 13.0 Å². The van der Waals surface area contributed by atoms with Crippen molar-refractivity contribution in [2.75, 3.05) is 26.2 Å². The minimum Gasteiger partial charge on any atom is -0.340 e. The molecule has 0 radical (unpaired) electrons. The highest BCUT2D eigenvalue weighted by molar-refractivity contribution is 7.15. The summed E-state index contributed by atoms with van der Waals surface area (Å²) in [6.45, 7) is 2.99. The topological polar surface area (TPSA) is 57.9 Å². The monoisotopic (exact) mass is 420 g/mol. The molecule has 1 aliphatic heterocycles. The Morgan fingerprint density at radius 1 is 1.25 bits per heavy atom. The van der Waals surface area contributed by atoms with Crippen molar-refractivity contribution < 1.29 is 9.18 Å². The van der Waals surface area contributed by atoms with Crippen molar-refractivity contribution >= 4 is 33.8 Å². The Bertz CT molecular complexity index is 1050. The van der Waals surface area contributed by atoms with E-state index in [0.29, 0.717) is 37.7 Å². The number of hydrogen-bond acceptors (Lipinski definition) is 5. The van der Waals surface area contributed by atoms with E-state index in [0.717, 1.165) is 5.69 Å². The Kier molecular flexibility index (Phi) is 5.43. The summed E-state index contributed by atoms with van der Waals surface area (Å²) in [5.41, 5.74) is 0.882. The van der Waals surface area contributed by atoms with Gasteiger partial charge in [-0.3, -0.25) is 18.9 Å². The van der Waals surface area contributed by atoms with Crippen molar-refractivity contribution in [1.29, 1.82) is 0 Å². The molecule has 3 aromatic rings. The number of thiazole rings is 1. The van der Waals surface area contributed by atoms with Crippen LogP contribution in [0.5, 0.6) is 0 Å². The average Bonchev–Trinajstić information content (AvgIpc) is 3.14. The molecule has 1 saturated heterocycles. The SMILES string of the molecule is O=C(Cc1c(F)cccc1Cl)N1CCN(Cc2cc(=O)n3ccsc3n2)CC1. The predicted octanol–water partition coefficient (Wildman–Crippen LogP) is 2.44. The quantitative estimate of drug-likeness (QED) is 0.650. The maximum atomic E-state index is 13.9. The number of rotatable bonds is 4. The number of amides is 1. The van der Waals surface area contributed by atoms with E-state index in [1.807, 2.05) is 5.38 Å². The molecule has 9 heteroatoms. The highest BCUT2D eigenvalue weighted by Crippen LogP contribution is 2.20. The molecule has 1 amide bonds. The largest absolute Gasteiger partial charge is 0.340 e. The van der Waals surface area contributed by atoms with Gasteiger partial charge in [0.2, 0.25) is 5.91 Å². The summed E-state index contributed by atoms with van der Waals surface area (Å²) in [7, 11) is 0. The molecule has 6 nitrogen and oxygen atoms in total. The molecule has 0 N–H and O–H groups in total. The molecule has 0 atom stereocenters. The number of piperazine rings is 1. The van der Waals surface area contributed by atoms with Crippen LogP contribution in [0.15, 0.2) is 40.6 Å². The molecule has 1 aliphatic rings. The van der Waals surface area contributed by atoms with Gasteiger partial charge in [0.1, 0.15) is 5.82 Å². The lowest BCUT2D eigenvalue weighted by molar-refractivity contribution is -0.132. The van der Waals surface area contributed by atoms with Gasteiger partial charge in [-0.1, -0.05) is 17.7 Å². The number of nitrogens with zero attached hydrogens (tertiary/aromatic N) is 4. The van der Waals surface area contributed by atoms with Crippen molar-refractivity contribution in [1.82, 2.24) is 19.2 Å². The van der Waals surface area contributed by atoms with E-state index in [2.05, 4.69) is 9.88 Å². The van der Waals surface area contributed by atoms with E-state index >= 15 is 0 Å². The van der Waals surface area contributed by atoms with Crippen LogP contribution < -0.4 is 5.56 Å². The van der Waals surface area contributed by atoms with Crippen LogP contribution in [0.1, 0.15) is 11.3 Å². The van der Waals surface area contributed by atoms with Crippen LogP contribution in [0.4, 0.5) is 4.39 Å². The van der Waals surface area contributed by atoms with Crippen LogP contribution >= 0.6 is 22.9 Å². The van der Waals surface area contributed by atoms with Gasteiger partial charge in [-0.05, 0) is 12.1 Å². The van der Waals surface area contributed by atoms with Crippen LogP contribution in [0, 0.1) is 5.82 Å². The summed E-state index contributed by atoms with van der Waals surface area (Å²) in [6, 6.07) is 5.98. The summed E-state index contributed by atoms with van der Waals surface area (Å²) in [5, 5.41) is 2.10. The third-order valence-corrected chi connectivity index (χ3v) is 5.97. The van der Waals surface area contributed by atoms with Gasteiger partial charge in [-0.2, -0.15) is 0 Å². The number of halogens is 2. The maximum absolute atomic E-state index is 13.9. The number of carbonyl (C=O) groups excluding carboxylic acids is 1. The van der Waals surface area contributed by atoms with Crippen LogP contribution in [0.3, 0.4) is 0 Å². The zero-order chi connectivity index (χ0) is 19.7. The van der Waals surface area contributed by atoms with Crippen molar-refractivity contribution in [3.8, 4) is 0 Å². The molecule has 146 valence electrons. The van der Waals surface area contributed by atoms with E-state index in [1.54, 1.807) is 23.2 Å². The fourth-order valence-corrected chi connectivity index (χ4v) is 4.29. The second-order valence-electron chi connectivity index (χ2n) is 6.68. The zero-order valence-electron chi connectivity index (χ0n) is 15.0. The van der Waals surface area contributed by atoms with Gasteiger partial charge in [-0.15, -0.1) is 11.3 Å². The fraction of sp³-hybridized carbons (Fsp3) is 0.316. The number of hydrogen-bond donors (Lipinski definition) is 0. The second-order valence-corrected chi connectivity index (χ2v) is 7.96. The van der Waals surface area contributed by atoms with E-state index in [-0.39, 0.29) is 28.5 Å². The van der Waals surface area contributed by atoms with E-state index in [1.165, 1.54) is 27.9 Å². The Hall–Kier alpha value is -2.29. The van der Waals surface area contributed by atoms with Crippen LogP contribution in [-0.2, 0) is 17.8 Å². The first kappa shape index (κ1) is 19.0. The lowest BCUT2D eigenvalue weighted by Gasteiger charge is -2.34. The van der Waals surface area contributed by atoms with Crippen molar-refractivity contribution in [2.24, 2.45) is 0 Å². The average molecular weight is 421 g/mol. The predicted molar refractivity (Wildman–Crippen MR) is 106 cm³/mol. The highest BCUT2D eigenvalue weighted by Gasteiger charge is 2.23. The first-order chi connectivity index (χ1) is 13.5. The van der Waals surface area contributed by atoms with Crippen molar-refractivity contribution in [3.63, 3.8) is 0 Å². The molecule has 28 heavy (non-hydrogen) atoms. The van der Waals surface area contributed by atoms with E-state index < -0.39 is 5.82 Å². The van der Waals surface area contributed by atoms with Gasteiger partial charge in [0.05, 0.1) is 12.1 Å². The first-order valence-electron chi connectivity index (χ1n) is 8.90. The summed E-state index contributed by atoms with van der Waals surface area (Å²) >= 11 is 7.44. The number of fused-ring (bicyclic) bond motifs is 1. The molecule has 0 bridgehead atoms. The van der Waals surface area contributed by atoms with Gasteiger partial charge in [0, 0.05) is 61.0 Å². The Balaban J connectivity index is 1.36. The molecule has 0 unspecified atom stereocenters. The standard InChI is InChI=1S/C19H18ClFN4O2S/c20-15-2-1-3-16(21)14(15)11-17(26)24-6-4-23(5-7-24)12-13-10-18(27)25-8-9-28-19(25)22-13/h1-3,8-10H,4-7,11-12H2. The smallest absolute Gasteiger partial charge is 0.258 e. The zero-order valence-corrected chi connectivity index (χ0v) is 16.5. The molecule has 1 fully saturated rings. The minimum atomic E-state index is -0.458. The summed E-state index contributed by atoms with van der Waals surface area (Å²) in [5.74, 6) is -0.594. The van der Waals surface area contributed by atoms with Crippen LogP contribution in [0.25, 0.3) is 4.96 Å². The summed E-state index contributed by atoms with van der Waals surface area (Å²) in [4.78, 5) is 33.7. The number of carbonyl (C=O) groups is 1. The van der Waals surface area contributed by atoms with Gasteiger partial charge >= 0.3 is 0 Å². The Morgan fingerprint density at radius 2 is 2.04 bits per heavy atom. The van der Waals surface area contributed by atoms with Crippen molar-refractivity contribution in [3.05, 3.63) is 68.3 Å². The number of benzene rings is 1. The van der Waals surface area contributed by atoms with Gasteiger partial charge in [0.15, 0.2) is 4.96 Å². The van der Waals surface area contributed by atoms with Crippen LogP contribution in [0.2, 0.25) is 5.02 Å². The summed E-state index contributed by atoms with van der Waals surface area (Å²) < 4.78 is 15.4. The molecule has 0 aliphatic carbocycles. The molecular weight excluding hydrogens is 403 g/mol. The lowest BCUT2D eigenvalue weighted by Crippen LogP contribution is -2.48. The van der Waals surface area contributed by atoms with Gasteiger partial charge < -0.3 is 4.90 Å². The molecule has 4 rings (SSSR count). The summed E-state index contributed by atoms with van der Waals surface area (Å²) in [6.07, 6.45) is 1.67. The first-order valence-corrected chi connectivity index (χ1v) is 10.2. The third-order valence-electron chi connectivity index (χ3n) is 4.86. The highest BCUT2D eigenvalue weighted by atomic mass is 35.5. The number of aromatic nitrogens is 2. The Labute approximate surface area is 169 Å². The van der Waals surface area contributed by atoms with E-state index in [9.17, 15) is 14.0 Å². The molecule has 0 saturated carbocycles. The fourth-order valence-electron chi connectivity index (χ4n) is 3.32. The second kappa shape index (κ2) is 7.98. The van der Waals surface area contributed by atoms with Crippen LogP contribution in [-0.4, -0.2) is 51.3 Å². The molecule has 3 heterocycles. The molecule has 0 spiro atoms. The lowest BCUT2D eigenvalue weighted by atomic mass is 10.1.